The number of hydrogen-bond acceptors (Lipinski definition) is 2. The van der Waals surface area contributed by atoms with E-state index in [1.807, 2.05) is 54.6 Å². The first-order chi connectivity index (χ1) is 12.2. The Bertz CT molecular complexity index is 905. The third-order valence-corrected chi connectivity index (χ3v) is 4.83. The molecule has 1 heterocycles. The van der Waals surface area contributed by atoms with Gasteiger partial charge < -0.3 is 0 Å². The van der Waals surface area contributed by atoms with Crippen molar-refractivity contribution in [3.8, 4) is 0 Å². The summed E-state index contributed by atoms with van der Waals surface area (Å²) in [6.45, 7) is 0. The zero-order chi connectivity index (χ0) is 17.2. The molecule has 2 nitrogen and oxygen atoms in total. The van der Waals surface area contributed by atoms with Crippen LogP contribution in [0, 0.1) is 0 Å². The zero-order valence-corrected chi connectivity index (χ0v) is 15.0. The quantitative estimate of drug-likeness (QED) is 0.527. The molecule has 4 rings (SSSR count). The van der Waals surface area contributed by atoms with Gasteiger partial charge >= 0.3 is 0 Å². The van der Waals surface area contributed by atoms with Crippen molar-refractivity contribution >= 4 is 34.6 Å². The maximum atomic E-state index is 6.20. The Morgan fingerprint density at radius 3 is 2.28 bits per heavy atom. The molecule has 4 heteroatoms. The Labute approximate surface area is 157 Å². The summed E-state index contributed by atoms with van der Waals surface area (Å²) in [4.78, 5) is 0. The lowest BCUT2D eigenvalue weighted by atomic mass is 9.98. The van der Waals surface area contributed by atoms with Crippen molar-refractivity contribution in [1.82, 2.24) is 0 Å². The Morgan fingerprint density at radius 2 is 1.56 bits per heavy atom. The van der Waals surface area contributed by atoms with Crippen molar-refractivity contribution in [3.63, 3.8) is 0 Å². The van der Waals surface area contributed by atoms with E-state index in [0.717, 1.165) is 28.4 Å². The van der Waals surface area contributed by atoms with Crippen molar-refractivity contribution in [2.24, 2.45) is 5.10 Å². The van der Waals surface area contributed by atoms with Gasteiger partial charge in [-0.1, -0.05) is 71.7 Å². The van der Waals surface area contributed by atoms with Crippen LogP contribution in [0.15, 0.2) is 84.0 Å². The lowest BCUT2D eigenvalue weighted by molar-refractivity contribution is 0.709. The second-order valence-electron chi connectivity index (χ2n) is 6.01. The summed E-state index contributed by atoms with van der Waals surface area (Å²) in [5.41, 5.74) is 4.36. The van der Waals surface area contributed by atoms with Gasteiger partial charge in [0.1, 0.15) is 0 Å². The predicted molar refractivity (Wildman–Crippen MR) is 106 cm³/mol. The van der Waals surface area contributed by atoms with Gasteiger partial charge in [0.25, 0.3) is 0 Å². The van der Waals surface area contributed by atoms with E-state index < -0.39 is 0 Å². The largest absolute Gasteiger partial charge is 0.257 e. The van der Waals surface area contributed by atoms with Gasteiger partial charge in [-0.15, -0.1) is 0 Å². The average molecular weight is 367 g/mol. The summed E-state index contributed by atoms with van der Waals surface area (Å²) in [5, 5.41) is 8.40. The average Bonchev–Trinajstić information content (AvgIpc) is 3.08. The van der Waals surface area contributed by atoms with Gasteiger partial charge in [-0.25, -0.2) is 0 Å². The number of nitrogens with zero attached hydrogens (tertiary/aromatic N) is 2. The molecule has 0 spiro atoms. The number of hydrogen-bond donors (Lipinski definition) is 0. The van der Waals surface area contributed by atoms with Gasteiger partial charge in [0.05, 0.1) is 17.4 Å². The van der Waals surface area contributed by atoms with Crippen LogP contribution in [0.25, 0.3) is 0 Å². The van der Waals surface area contributed by atoms with Crippen LogP contribution in [0.1, 0.15) is 23.6 Å². The number of anilines is 1. The molecule has 1 aliphatic heterocycles. The minimum atomic E-state index is 0.144. The van der Waals surface area contributed by atoms with E-state index in [4.69, 9.17) is 28.3 Å². The van der Waals surface area contributed by atoms with Gasteiger partial charge in [-0.2, -0.15) is 5.10 Å². The number of hydrazone groups is 1. The molecule has 0 saturated carbocycles. The van der Waals surface area contributed by atoms with Crippen molar-refractivity contribution < 1.29 is 0 Å². The summed E-state index contributed by atoms with van der Waals surface area (Å²) in [6.07, 6.45) is 0.832. The second kappa shape index (κ2) is 6.91. The van der Waals surface area contributed by atoms with Crippen LogP contribution in [0.3, 0.4) is 0 Å². The third-order valence-electron chi connectivity index (χ3n) is 4.34. The summed E-state index contributed by atoms with van der Waals surface area (Å²) in [7, 11) is 0. The van der Waals surface area contributed by atoms with Crippen molar-refractivity contribution in [2.45, 2.75) is 12.5 Å². The fourth-order valence-corrected chi connectivity index (χ4v) is 3.43. The van der Waals surface area contributed by atoms with E-state index in [0.29, 0.717) is 5.02 Å². The molecule has 0 saturated heterocycles. The fraction of sp³-hybridized carbons (Fsp3) is 0.0952. The zero-order valence-electron chi connectivity index (χ0n) is 13.4. The summed E-state index contributed by atoms with van der Waals surface area (Å²) < 4.78 is 0. The summed E-state index contributed by atoms with van der Waals surface area (Å²) >= 11 is 12.2. The van der Waals surface area contributed by atoms with Crippen LogP contribution in [-0.4, -0.2) is 5.71 Å². The molecule has 25 heavy (non-hydrogen) atoms. The van der Waals surface area contributed by atoms with E-state index in [9.17, 15) is 0 Å². The lowest BCUT2D eigenvalue weighted by Crippen LogP contribution is -2.18. The van der Waals surface area contributed by atoms with Crippen LogP contribution in [0.4, 0.5) is 5.69 Å². The smallest absolute Gasteiger partial charge is 0.0831 e. The molecule has 1 aliphatic rings. The molecule has 0 fully saturated rings. The molecule has 0 amide bonds. The molecule has 0 unspecified atom stereocenters. The van der Waals surface area contributed by atoms with E-state index in [1.165, 1.54) is 5.56 Å². The Morgan fingerprint density at radius 1 is 0.800 bits per heavy atom. The van der Waals surface area contributed by atoms with Gasteiger partial charge in [0, 0.05) is 16.5 Å². The van der Waals surface area contributed by atoms with E-state index in [-0.39, 0.29) is 6.04 Å². The highest BCUT2D eigenvalue weighted by atomic mass is 35.5. The molecule has 124 valence electrons. The highest BCUT2D eigenvalue weighted by Crippen LogP contribution is 2.37. The predicted octanol–water partition coefficient (Wildman–Crippen LogP) is 6.35. The van der Waals surface area contributed by atoms with Gasteiger partial charge in [-0.05, 0) is 41.5 Å². The molecule has 0 N–H and O–H groups in total. The SMILES string of the molecule is Clc1ccc(C2=NN(c3cccc(Cl)c3)[C@H](c3ccccc3)C2)cc1. The van der Waals surface area contributed by atoms with Gasteiger partial charge in [-0.3, -0.25) is 5.01 Å². The molecule has 0 aromatic heterocycles. The topological polar surface area (TPSA) is 15.6 Å². The molecule has 1 atom stereocenters. The molecule has 0 bridgehead atoms. The Hall–Kier alpha value is -2.29. The van der Waals surface area contributed by atoms with E-state index >= 15 is 0 Å². The first kappa shape index (κ1) is 16.2. The maximum Gasteiger partial charge on any atom is 0.0831 e. The molecular weight excluding hydrogens is 351 g/mol. The van der Waals surface area contributed by atoms with Crippen molar-refractivity contribution in [3.05, 3.63) is 100 Å². The first-order valence-electron chi connectivity index (χ1n) is 8.14. The van der Waals surface area contributed by atoms with Crippen LogP contribution >= 0.6 is 23.2 Å². The first-order valence-corrected chi connectivity index (χ1v) is 8.89. The molecule has 0 radical (unpaired) electrons. The maximum absolute atomic E-state index is 6.20. The van der Waals surface area contributed by atoms with Crippen molar-refractivity contribution in [2.75, 3.05) is 5.01 Å². The number of benzene rings is 3. The highest BCUT2D eigenvalue weighted by molar-refractivity contribution is 6.31. The minimum Gasteiger partial charge on any atom is -0.257 e. The molecule has 3 aromatic carbocycles. The number of rotatable bonds is 3. The lowest BCUT2D eigenvalue weighted by Gasteiger charge is -2.24. The second-order valence-corrected chi connectivity index (χ2v) is 6.88. The fourth-order valence-electron chi connectivity index (χ4n) is 3.12. The molecular formula is C21H16Cl2N2. The minimum absolute atomic E-state index is 0.144. The standard InChI is InChI=1S/C21H16Cl2N2/c22-17-11-9-15(10-12-17)20-14-21(16-5-2-1-3-6-16)25(24-20)19-8-4-7-18(23)13-19/h1-13,21H,14H2/t21-/m0/s1. The summed E-state index contributed by atoms with van der Waals surface area (Å²) in [5.74, 6) is 0. The molecule has 3 aromatic rings. The monoisotopic (exact) mass is 366 g/mol. The van der Waals surface area contributed by atoms with Crippen molar-refractivity contribution in [1.29, 1.82) is 0 Å². The van der Waals surface area contributed by atoms with Crippen LogP contribution in [0.5, 0.6) is 0 Å². The normalized spacial score (nSPS) is 16.8. The summed E-state index contributed by atoms with van der Waals surface area (Å²) in [6, 6.07) is 26.2. The third kappa shape index (κ3) is 3.41. The van der Waals surface area contributed by atoms with Crippen LogP contribution < -0.4 is 5.01 Å². The Balaban J connectivity index is 1.76. The van der Waals surface area contributed by atoms with E-state index in [1.54, 1.807) is 0 Å². The van der Waals surface area contributed by atoms with Gasteiger partial charge in [0.2, 0.25) is 0 Å². The number of halogens is 2. The van der Waals surface area contributed by atoms with E-state index in [2.05, 4.69) is 29.3 Å². The Kier molecular flexibility index (Phi) is 4.48. The van der Waals surface area contributed by atoms with Gasteiger partial charge in [0.15, 0.2) is 0 Å². The van der Waals surface area contributed by atoms with Crippen LogP contribution in [-0.2, 0) is 0 Å². The van der Waals surface area contributed by atoms with Crippen LogP contribution in [0.2, 0.25) is 10.0 Å². The molecule has 0 aliphatic carbocycles. The highest BCUT2D eigenvalue weighted by Gasteiger charge is 2.29.